The van der Waals surface area contributed by atoms with E-state index in [9.17, 15) is 9.59 Å². The number of carboxylic acid groups (broad SMARTS) is 1. The molecule has 1 aliphatic heterocycles. The maximum Gasteiger partial charge on any atom is 0.407 e. The average molecular weight is 301 g/mol. The van der Waals surface area contributed by atoms with Crippen molar-refractivity contribution >= 4 is 12.2 Å². The minimum atomic E-state index is -0.882. The zero-order valence-electron chi connectivity index (χ0n) is 13.0. The Morgan fingerprint density at radius 2 is 2.14 bits per heavy atom. The van der Waals surface area contributed by atoms with E-state index < -0.39 is 12.2 Å². The van der Waals surface area contributed by atoms with Crippen molar-refractivity contribution in [2.24, 2.45) is 0 Å². The van der Waals surface area contributed by atoms with Crippen molar-refractivity contribution < 1.29 is 19.4 Å². The van der Waals surface area contributed by atoms with Crippen molar-refractivity contribution in [2.45, 2.75) is 38.1 Å². The second kappa shape index (κ2) is 9.44. The average Bonchev–Trinajstić information content (AvgIpc) is 2.44. The number of carbonyl (C=O) groups excluding carboxylic acids is 1. The summed E-state index contributed by atoms with van der Waals surface area (Å²) in [6.07, 6.45) is 2.93. The molecule has 1 heterocycles. The summed E-state index contributed by atoms with van der Waals surface area (Å²) in [5.41, 5.74) is 0. The van der Waals surface area contributed by atoms with Gasteiger partial charge in [0.2, 0.25) is 0 Å². The molecular weight excluding hydrogens is 274 g/mol. The minimum absolute atomic E-state index is 0.0298. The summed E-state index contributed by atoms with van der Waals surface area (Å²) >= 11 is 0. The number of ether oxygens (including phenoxy) is 1. The van der Waals surface area contributed by atoms with E-state index in [-0.39, 0.29) is 12.6 Å². The number of amides is 2. The highest BCUT2D eigenvalue weighted by Crippen LogP contribution is 2.19. The lowest BCUT2D eigenvalue weighted by Gasteiger charge is -2.33. The van der Waals surface area contributed by atoms with Gasteiger partial charge in [0.25, 0.3) is 0 Å². The van der Waals surface area contributed by atoms with Gasteiger partial charge in [-0.05, 0) is 46.3 Å². The molecule has 1 rings (SSSR count). The van der Waals surface area contributed by atoms with E-state index in [2.05, 4.69) is 10.2 Å². The Balaban J connectivity index is 2.14. The van der Waals surface area contributed by atoms with Crippen LogP contribution in [0.2, 0.25) is 0 Å². The molecule has 2 N–H and O–H groups in total. The van der Waals surface area contributed by atoms with Crippen molar-refractivity contribution in [3.63, 3.8) is 0 Å². The first kappa shape index (κ1) is 17.6. The Kier molecular flexibility index (Phi) is 7.89. The standard InChI is InChI=1S/C14H27N3O4/c1-16(2)9-5-8-15-13(18)21-11-7-12-6-3-4-10-17(12)14(19)20/h12H,3-11H2,1-2H3,(H,15,18)(H,19,20). The van der Waals surface area contributed by atoms with Crippen LogP contribution in [-0.4, -0.2) is 73.5 Å². The normalized spacial score (nSPS) is 18.6. The SMILES string of the molecule is CN(C)CCCNC(=O)OCCC1CCCCN1C(=O)O. The maximum absolute atomic E-state index is 11.5. The van der Waals surface area contributed by atoms with E-state index in [1.165, 1.54) is 4.90 Å². The third kappa shape index (κ3) is 7.17. The van der Waals surface area contributed by atoms with Crippen LogP contribution in [0, 0.1) is 0 Å². The first-order chi connectivity index (χ1) is 10.0. The van der Waals surface area contributed by atoms with Crippen molar-refractivity contribution in [1.29, 1.82) is 0 Å². The zero-order valence-corrected chi connectivity index (χ0v) is 13.0. The summed E-state index contributed by atoms with van der Waals surface area (Å²) in [6.45, 7) is 2.34. The molecular formula is C14H27N3O4. The summed E-state index contributed by atoms with van der Waals surface area (Å²) in [4.78, 5) is 26.1. The van der Waals surface area contributed by atoms with Crippen molar-refractivity contribution in [1.82, 2.24) is 15.1 Å². The molecule has 0 aromatic carbocycles. The molecule has 7 heteroatoms. The van der Waals surface area contributed by atoms with E-state index in [1.54, 1.807) is 0 Å². The third-order valence-electron chi connectivity index (χ3n) is 3.61. The van der Waals surface area contributed by atoms with Gasteiger partial charge in [0.05, 0.1) is 6.61 Å². The molecule has 21 heavy (non-hydrogen) atoms. The summed E-state index contributed by atoms with van der Waals surface area (Å²) in [5.74, 6) is 0. The Labute approximate surface area is 126 Å². The number of carbonyl (C=O) groups is 2. The largest absolute Gasteiger partial charge is 0.465 e. The van der Waals surface area contributed by atoms with Crippen LogP contribution in [0.3, 0.4) is 0 Å². The smallest absolute Gasteiger partial charge is 0.407 e. The van der Waals surface area contributed by atoms with Gasteiger partial charge in [0.1, 0.15) is 0 Å². The van der Waals surface area contributed by atoms with Crippen LogP contribution in [0.5, 0.6) is 0 Å². The molecule has 0 aromatic heterocycles. The first-order valence-corrected chi connectivity index (χ1v) is 7.55. The molecule has 0 radical (unpaired) electrons. The van der Waals surface area contributed by atoms with Crippen LogP contribution in [0.1, 0.15) is 32.1 Å². The number of alkyl carbamates (subject to hydrolysis) is 1. The van der Waals surface area contributed by atoms with Gasteiger partial charge >= 0.3 is 12.2 Å². The fourth-order valence-electron chi connectivity index (χ4n) is 2.48. The van der Waals surface area contributed by atoms with Crippen LogP contribution < -0.4 is 5.32 Å². The van der Waals surface area contributed by atoms with E-state index in [0.717, 1.165) is 32.2 Å². The third-order valence-corrected chi connectivity index (χ3v) is 3.61. The van der Waals surface area contributed by atoms with E-state index in [0.29, 0.717) is 19.5 Å². The van der Waals surface area contributed by atoms with Crippen LogP contribution in [-0.2, 0) is 4.74 Å². The number of hydrogen-bond donors (Lipinski definition) is 2. The molecule has 0 bridgehead atoms. The molecule has 122 valence electrons. The molecule has 1 saturated heterocycles. The molecule has 0 spiro atoms. The Morgan fingerprint density at radius 3 is 2.81 bits per heavy atom. The van der Waals surface area contributed by atoms with Crippen LogP contribution in [0.25, 0.3) is 0 Å². The molecule has 1 fully saturated rings. The van der Waals surface area contributed by atoms with Crippen molar-refractivity contribution in [2.75, 3.05) is 40.3 Å². The topological polar surface area (TPSA) is 82.1 Å². The molecule has 0 saturated carbocycles. The highest BCUT2D eigenvalue weighted by atomic mass is 16.5. The van der Waals surface area contributed by atoms with Gasteiger partial charge in [-0.2, -0.15) is 0 Å². The summed E-state index contributed by atoms with van der Waals surface area (Å²) in [6, 6.07) is -0.0298. The van der Waals surface area contributed by atoms with Crippen LogP contribution in [0.15, 0.2) is 0 Å². The number of hydrogen-bond acceptors (Lipinski definition) is 4. The number of rotatable bonds is 7. The monoisotopic (exact) mass is 301 g/mol. The number of piperidine rings is 1. The second-order valence-electron chi connectivity index (χ2n) is 5.63. The molecule has 1 aliphatic rings. The lowest BCUT2D eigenvalue weighted by Crippen LogP contribution is -2.43. The van der Waals surface area contributed by atoms with Crippen molar-refractivity contribution in [3.8, 4) is 0 Å². The van der Waals surface area contributed by atoms with Gasteiger partial charge in [0.15, 0.2) is 0 Å². The van der Waals surface area contributed by atoms with Crippen molar-refractivity contribution in [3.05, 3.63) is 0 Å². The highest BCUT2D eigenvalue weighted by molar-refractivity contribution is 5.67. The molecule has 1 atom stereocenters. The molecule has 1 unspecified atom stereocenters. The van der Waals surface area contributed by atoms with E-state index in [4.69, 9.17) is 9.84 Å². The Bertz CT molecular complexity index is 336. The highest BCUT2D eigenvalue weighted by Gasteiger charge is 2.26. The van der Waals surface area contributed by atoms with Gasteiger partial charge in [-0.3, -0.25) is 0 Å². The second-order valence-corrected chi connectivity index (χ2v) is 5.63. The fourth-order valence-corrected chi connectivity index (χ4v) is 2.48. The summed E-state index contributed by atoms with van der Waals surface area (Å²) in [5, 5.41) is 11.8. The molecule has 7 nitrogen and oxygen atoms in total. The Hall–Kier alpha value is -1.50. The summed E-state index contributed by atoms with van der Waals surface area (Å²) < 4.78 is 5.10. The van der Waals surface area contributed by atoms with Crippen LogP contribution >= 0.6 is 0 Å². The number of nitrogens with zero attached hydrogens (tertiary/aromatic N) is 2. The molecule has 2 amide bonds. The lowest BCUT2D eigenvalue weighted by atomic mass is 10.0. The van der Waals surface area contributed by atoms with E-state index >= 15 is 0 Å². The first-order valence-electron chi connectivity index (χ1n) is 7.55. The molecule has 0 aromatic rings. The summed E-state index contributed by atoms with van der Waals surface area (Å²) in [7, 11) is 3.97. The zero-order chi connectivity index (χ0) is 15.7. The predicted octanol–water partition coefficient (Wildman–Crippen LogP) is 1.59. The van der Waals surface area contributed by atoms with Gasteiger partial charge in [-0.1, -0.05) is 0 Å². The van der Waals surface area contributed by atoms with Gasteiger partial charge in [0, 0.05) is 25.6 Å². The lowest BCUT2D eigenvalue weighted by molar-refractivity contribution is 0.0878. The predicted molar refractivity (Wildman–Crippen MR) is 79.5 cm³/mol. The maximum atomic E-state index is 11.5. The Morgan fingerprint density at radius 1 is 1.38 bits per heavy atom. The number of likely N-dealkylation sites (tertiary alicyclic amines) is 1. The minimum Gasteiger partial charge on any atom is -0.465 e. The van der Waals surface area contributed by atoms with Gasteiger partial charge in [-0.15, -0.1) is 0 Å². The molecule has 0 aliphatic carbocycles. The van der Waals surface area contributed by atoms with Gasteiger partial charge < -0.3 is 25.0 Å². The quantitative estimate of drug-likeness (QED) is 0.698. The van der Waals surface area contributed by atoms with Gasteiger partial charge in [-0.25, -0.2) is 9.59 Å². The van der Waals surface area contributed by atoms with E-state index in [1.807, 2.05) is 14.1 Å². The van der Waals surface area contributed by atoms with Crippen LogP contribution in [0.4, 0.5) is 9.59 Å². The fraction of sp³-hybridized carbons (Fsp3) is 0.857. The number of nitrogens with one attached hydrogen (secondary N) is 1.